The van der Waals surface area contributed by atoms with Crippen molar-refractivity contribution in [2.45, 2.75) is 103 Å². The molecule has 0 unspecified atom stereocenters. The molecule has 3 heterocycles. The SMILES string of the molecule is CCOC(=O)N1CCN(C(=O)[C@H](CCC(=O)OCCC(C)(C)O)NC(=O)c2cc(OCC(=O)N3CCC[C@H]3C(=O)NC3CCC3)c3ccc(C)cc3n2)CC1. The van der Waals surface area contributed by atoms with Crippen LogP contribution in [0.25, 0.3) is 10.9 Å². The molecule has 55 heavy (non-hydrogen) atoms. The number of piperazine rings is 1. The molecule has 2 saturated heterocycles. The molecule has 0 spiro atoms. The van der Waals surface area contributed by atoms with E-state index < -0.39 is 41.6 Å². The zero-order valence-electron chi connectivity index (χ0n) is 32.3. The smallest absolute Gasteiger partial charge is 0.409 e. The maximum Gasteiger partial charge on any atom is 0.409 e. The Bertz CT molecular complexity index is 1730. The standard InChI is InChI=1S/C39H54N6O10/c1-5-53-38(51)44-19-17-43(18-20-44)37(50)28(13-14-34(47)54-21-15-39(3,4)52)42-35(48)30-23-32(27-12-11-25(2)22-29(27)41-30)55-24-33(46)45-16-7-10-31(45)36(49)40-26-8-6-9-26/h11-12,22-23,26,28,31,52H,5-10,13-21,24H2,1-4H3,(H,40,49)(H,42,48)/t28-,31-/m0/s1. The maximum absolute atomic E-state index is 13.9. The van der Waals surface area contributed by atoms with Crippen molar-refractivity contribution in [3.05, 3.63) is 35.5 Å². The van der Waals surface area contributed by atoms with Gasteiger partial charge in [-0.2, -0.15) is 0 Å². The zero-order chi connectivity index (χ0) is 39.7. The molecule has 1 aromatic carbocycles. The Balaban J connectivity index is 1.30. The molecule has 3 N–H and O–H groups in total. The second-order valence-corrected chi connectivity index (χ2v) is 15.1. The Kier molecular flexibility index (Phi) is 13.9. The first-order chi connectivity index (χ1) is 26.2. The molecule has 3 fully saturated rings. The topological polar surface area (TPSA) is 197 Å². The number of fused-ring (bicyclic) bond motifs is 1. The lowest BCUT2D eigenvalue weighted by molar-refractivity contribution is -0.145. The number of nitrogens with zero attached hydrogens (tertiary/aromatic N) is 4. The third-order valence-corrected chi connectivity index (χ3v) is 10.2. The van der Waals surface area contributed by atoms with E-state index in [0.29, 0.717) is 30.3 Å². The fourth-order valence-electron chi connectivity index (χ4n) is 6.74. The van der Waals surface area contributed by atoms with E-state index in [1.54, 1.807) is 37.8 Å². The quantitative estimate of drug-likeness (QED) is 0.225. The Hall–Kier alpha value is -4.99. The lowest BCUT2D eigenvalue weighted by Crippen LogP contribution is -2.56. The van der Waals surface area contributed by atoms with Gasteiger partial charge in [0.1, 0.15) is 23.5 Å². The first-order valence-electron chi connectivity index (χ1n) is 19.3. The number of carbonyl (C=O) groups is 6. The number of pyridine rings is 1. The highest BCUT2D eigenvalue weighted by molar-refractivity contribution is 5.99. The van der Waals surface area contributed by atoms with Gasteiger partial charge in [0, 0.05) is 63.1 Å². The van der Waals surface area contributed by atoms with E-state index in [1.165, 1.54) is 15.9 Å². The van der Waals surface area contributed by atoms with Crippen LogP contribution >= 0.6 is 0 Å². The predicted octanol–water partition coefficient (Wildman–Crippen LogP) is 2.47. The number of rotatable bonds is 15. The van der Waals surface area contributed by atoms with E-state index in [4.69, 9.17) is 14.2 Å². The highest BCUT2D eigenvalue weighted by Crippen LogP contribution is 2.28. The molecular weight excluding hydrogens is 712 g/mol. The normalized spacial score (nSPS) is 18.0. The number of esters is 1. The first-order valence-corrected chi connectivity index (χ1v) is 19.3. The molecule has 2 atom stereocenters. The molecular formula is C39H54N6O10. The zero-order valence-corrected chi connectivity index (χ0v) is 32.3. The van der Waals surface area contributed by atoms with E-state index in [0.717, 1.165) is 24.8 Å². The van der Waals surface area contributed by atoms with Crippen LogP contribution in [0.2, 0.25) is 0 Å². The molecule has 16 nitrogen and oxygen atoms in total. The van der Waals surface area contributed by atoms with Gasteiger partial charge in [-0.15, -0.1) is 0 Å². The fraction of sp³-hybridized carbons (Fsp3) is 0.615. The van der Waals surface area contributed by atoms with Crippen molar-refractivity contribution in [2.24, 2.45) is 0 Å². The molecule has 16 heteroatoms. The maximum atomic E-state index is 13.9. The molecule has 1 aromatic heterocycles. The van der Waals surface area contributed by atoms with Crippen molar-refractivity contribution in [1.29, 1.82) is 0 Å². The second kappa shape index (κ2) is 18.6. The van der Waals surface area contributed by atoms with E-state index in [1.807, 2.05) is 13.0 Å². The number of aryl methyl sites for hydroxylation is 1. The average molecular weight is 767 g/mol. The van der Waals surface area contributed by atoms with Gasteiger partial charge >= 0.3 is 12.1 Å². The Morgan fingerprint density at radius 3 is 2.36 bits per heavy atom. The average Bonchev–Trinajstić information content (AvgIpc) is 3.63. The number of amides is 5. The van der Waals surface area contributed by atoms with Crippen LogP contribution in [0.1, 0.15) is 88.2 Å². The summed E-state index contributed by atoms with van der Waals surface area (Å²) < 4.78 is 16.4. The number of benzene rings is 1. The van der Waals surface area contributed by atoms with Crippen molar-refractivity contribution in [2.75, 3.05) is 52.5 Å². The minimum absolute atomic E-state index is 0.0130. The van der Waals surface area contributed by atoms with Crippen LogP contribution in [-0.4, -0.2) is 137 Å². The molecule has 0 radical (unpaired) electrons. The summed E-state index contributed by atoms with van der Waals surface area (Å²) in [5.74, 6) is -2.01. The summed E-state index contributed by atoms with van der Waals surface area (Å²) in [5.41, 5.74) is 0.205. The summed E-state index contributed by atoms with van der Waals surface area (Å²) in [6.07, 6.45) is 3.72. The lowest BCUT2D eigenvalue weighted by Gasteiger charge is -2.36. The van der Waals surface area contributed by atoms with Crippen molar-refractivity contribution in [3.8, 4) is 5.75 Å². The van der Waals surface area contributed by atoms with E-state index >= 15 is 0 Å². The van der Waals surface area contributed by atoms with Crippen molar-refractivity contribution in [1.82, 2.24) is 30.3 Å². The third kappa shape index (κ3) is 11.3. The van der Waals surface area contributed by atoms with Crippen LogP contribution in [0.4, 0.5) is 4.79 Å². The predicted molar refractivity (Wildman–Crippen MR) is 200 cm³/mol. The van der Waals surface area contributed by atoms with E-state index in [-0.39, 0.29) is 94.6 Å². The summed E-state index contributed by atoms with van der Waals surface area (Å²) in [7, 11) is 0. The fourth-order valence-corrected chi connectivity index (χ4v) is 6.74. The summed E-state index contributed by atoms with van der Waals surface area (Å²) in [6.45, 7) is 7.93. The highest BCUT2D eigenvalue weighted by Gasteiger charge is 2.36. The van der Waals surface area contributed by atoms with Crippen LogP contribution in [0.3, 0.4) is 0 Å². The minimum atomic E-state index is -1.15. The van der Waals surface area contributed by atoms with E-state index in [2.05, 4.69) is 15.6 Å². The number of aromatic nitrogens is 1. The van der Waals surface area contributed by atoms with Crippen LogP contribution in [0.15, 0.2) is 24.3 Å². The van der Waals surface area contributed by atoms with Crippen molar-refractivity contribution >= 4 is 46.6 Å². The summed E-state index contributed by atoms with van der Waals surface area (Å²) in [6, 6.07) is 5.28. The van der Waals surface area contributed by atoms with Crippen molar-refractivity contribution < 1.29 is 48.1 Å². The molecule has 300 valence electrons. The van der Waals surface area contributed by atoms with Gasteiger partial charge in [0.25, 0.3) is 11.8 Å². The molecule has 0 bridgehead atoms. The Morgan fingerprint density at radius 1 is 0.964 bits per heavy atom. The summed E-state index contributed by atoms with van der Waals surface area (Å²) in [4.78, 5) is 88.2. The number of hydrogen-bond donors (Lipinski definition) is 3. The van der Waals surface area contributed by atoms with Crippen molar-refractivity contribution in [3.63, 3.8) is 0 Å². The van der Waals surface area contributed by atoms with Crippen LogP contribution in [-0.2, 0) is 28.7 Å². The van der Waals surface area contributed by atoms with Crippen LogP contribution < -0.4 is 15.4 Å². The van der Waals surface area contributed by atoms with Gasteiger partial charge in [-0.05, 0) is 83.9 Å². The Labute approximate surface area is 321 Å². The summed E-state index contributed by atoms with van der Waals surface area (Å²) >= 11 is 0. The Morgan fingerprint density at radius 2 is 1.69 bits per heavy atom. The first kappa shape index (κ1) is 41.2. The molecule has 5 rings (SSSR count). The van der Waals surface area contributed by atoms with Gasteiger partial charge in [-0.3, -0.25) is 24.0 Å². The molecule has 3 aliphatic rings. The lowest BCUT2D eigenvalue weighted by atomic mass is 9.93. The number of likely N-dealkylation sites (tertiary alicyclic amines) is 1. The van der Waals surface area contributed by atoms with Gasteiger partial charge in [0.15, 0.2) is 6.61 Å². The number of ether oxygens (including phenoxy) is 3. The number of carbonyl (C=O) groups excluding carboxylic acids is 6. The minimum Gasteiger partial charge on any atom is -0.483 e. The molecule has 2 aliphatic heterocycles. The number of hydrogen-bond acceptors (Lipinski definition) is 11. The van der Waals surface area contributed by atoms with Gasteiger partial charge in [0.05, 0.1) is 24.3 Å². The number of aliphatic hydroxyl groups is 1. The van der Waals surface area contributed by atoms with Crippen LogP contribution in [0, 0.1) is 6.92 Å². The van der Waals surface area contributed by atoms with Gasteiger partial charge < -0.3 is 44.7 Å². The largest absolute Gasteiger partial charge is 0.483 e. The monoisotopic (exact) mass is 766 g/mol. The molecule has 1 aliphatic carbocycles. The summed E-state index contributed by atoms with van der Waals surface area (Å²) in [5, 5.41) is 16.3. The molecule has 1 saturated carbocycles. The van der Waals surface area contributed by atoms with Gasteiger partial charge in [-0.25, -0.2) is 9.78 Å². The van der Waals surface area contributed by atoms with Gasteiger partial charge in [0.2, 0.25) is 11.8 Å². The highest BCUT2D eigenvalue weighted by atomic mass is 16.6. The van der Waals surface area contributed by atoms with Crippen LogP contribution in [0.5, 0.6) is 5.75 Å². The van der Waals surface area contributed by atoms with Gasteiger partial charge in [-0.1, -0.05) is 6.07 Å². The third-order valence-electron chi connectivity index (χ3n) is 10.2. The number of nitrogens with one attached hydrogen (secondary N) is 2. The molecule has 5 amide bonds. The van der Waals surface area contributed by atoms with E-state index in [9.17, 15) is 33.9 Å². The molecule has 2 aromatic rings. The second-order valence-electron chi connectivity index (χ2n) is 15.1.